The van der Waals surface area contributed by atoms with Crippen LogP contribution in [-0.4, -0.2) is 23.0 Å². The lowest BCUT2D eigenvalue weighted by molar-refractivity contribution is -0.384. The summed E-state index contributed by atoms with van der Waals surface area (Å²) in [6.45, 7) is 0. The minimum absolute atomic E-state index is 0.157. The lowest BCUT2D eigenvalue weighted by Crippen LogP contribution is -2.32. The van der Waals surface area contributed by atoms with Crippen molar-refractivity contribution in [2.24, 2.45) is 5.10 Å². The fraction of sp³-hybridized carbons (Fsp3) is 0. The Balaban J connectivity index is 2.03. The standard InChI is InChI=1S/C15H9Cl3N4O4/c16-9-1-3-12(18)13(6-9)20-14(23)15(24)21-19-7-8-5-10(22(25)26)2-4-11(8)17/h1-7H,(H,20,23)(H,21,24). The number of non-ortho nitro benzene ring substituents is 1. The van der Waals surface area contributed by atoms with Gasteiger partial charge in [-0.2, -0.15) is 5.10 Å². The Hall–Kier alpha value is -2.68. The third kappa shape index (κ3) is 5.16. The highest BCUT2D eigenvalue weighted by molar-refractivity contribution is 6.42. The van der Waals surface area contributed by atoms with E-state index in [1.165, 1.54) is 36.4 Å². The zero-order chi connectivity index (χ0) is 19.3. The van der Waals surface area contributed by atoms with E-state index in [9.17, 15) is 19.7 Å². The summed E-state index contributed by atoms with van der Waals surface area (Å²) in [6, 6.07) is 8.06. The number of hydrazone groups is 1. The molecule has 0 saturated heterocycles. The summed E-state index contributed by atoms with van der Waals surface area (Å²) in [5.74, 6) is -2.12. The van der Waals surface area contributed by atoms with E-state index in [1.807, 2.05) is 5.43 Å². The minimum Gasteiger partial charge on any atom is -0.316 e. The van der Waals surface area contributed by atoms with Crippen LogP contribution in [0.15, 0.2) is 41.5 Å². The van der Waals surface area contributed by atoms with Gasteiger partial charge in [0.05, 0.1) is 21.8 Å². The Morgan fingerprint density at radius 2 is 1.73 bits per heavy atom. The molecule has 0 bridgehead atoms. The van der Waals surface area contributed by atoms with Gasteiger partial charge in [0.25, 0.3) is 5.69 Å². The van der Waals surface area contributed by atoms with Crippen molar-refractivity contribution in [3.63, 3.8) is 0 Å². The molecule has 0 aromatic heterocycles. The van der Waals surface area contributed by atoms with Gasteiger partial charge in [-0.1, -0.05) is 34.8 Å². The summed E-state index contributed by atoms with van der Waals surface area (Å²) >= 11 is 17.6. The maximum atomic E-state index is 11.8. The second-order valence-corrected chi connectivity index (χ2v) is 5.99. The van der Waals surface area contributed by atoms with Gasteiger partial charge >= 0.3 is 11.8 Å². The molecule has 8 nitrogen and oxygen atoms in total. The van der Waals surface area contributed by atoms with Crippen LogP contribution in [0.4, 0.5) is 11.4 Å². The number of rotatable bonds is 4. The first-order valence-electron chi connectivity index (χ1n) is 6.81. The molecule has 0 saturated carbocycles. The van der Waals surface area contributed by atoms with Crippen molar-refractivity contribution in [3.8, 4) is 0 Å². The first-order valence-corrected chi connectivity index (χ1v) is 7.94. The maximum Gasteiger partial charge on any atom is 0.329 e. The highest BCUT2D eigenvalue weighted by Crippen LogP contribution is 2.25. The number of nitrogens with one attached hydrogen (secondary N) is 2. The molecule has 0 aliphatic carbocycles. The van der Waals surface area contributed by atoms with Crippen molar-refractivity contribution in [2.75, 3.05) is 5.32 Å². The molecule has 2 N–H and O–H groups in total. The van der Waals surface area contributed by atoms with Gasteiger partial charge in [0, 0.05) is 27.7 Å². The zero-order valence-electron chi connectivity index (χ0n) is 12.7. The number of nitro benzene ring substituents is 1. The van der Waals surface area contributed by atoms with Crippen LogP contribution in [0.5, 0.6) is 0 Å². The van der Waals surface area contributed by atoms with E-state index >= 15 is 0 Å². The molecule has 2 aromatic carbocycles. The van der Waals surface area contributed by atoms with Crippen molar-refractivity contribution >= 4 is 64.2 Å². The van der Waals surface area contributed by atoms with Crippen LogP contribution >= 0.6 is 34.8 Å². The Bertz CT molecular complexity index is 918. The third-order valence-corrected chi connectivity index (χ3v) is 3.85. The predicted octanol–water partition coefficient (Wildman–Crippen LogP) is 3.64. The van der Waals surface area contributed by atoms with Crippen LogP contribution in [0.3, 0.4) is 0 Å². The molecule has 2 rings (SSSR count). The van der Waals surface area contributed by atoms with Crippen molar-refractivity contribution in [1.29, 1.82) is 0 Å². The molecular weight excluding hydrogens is 407 g/mol. The van der Waals surface area contributed by atoms with E-state index in [-0.39, 0.29) is 27.0 Å². The van der Waals surface area contributed by atoms with Crippen LogP contribution in [0.2, 0.25) is 15.1 Å². The van der Waals surface area contributed by atoms with Gasteiger partial charge in [0.2, 0.25) is 0 Å². The number of benzene rings is 2. The van der Waals surface area contributed by atoms with Gasteiger partial charge in [-0.15, -0.1) is 0 Å². The number of hydrogen-bond donors (Lipinski definition) is 2. The molecule has 0 radical (unpaired) electrons. The number of amides is 2. The Morgan fingerprint density at radius 1 is 1.04 bits per heavy atom. The van der Waals surface area contributed by atoms with E-state index in [0.717, 1.165) is 6.21 Å². The summed E-state index contributed by atoms with van der Waals surface area (Å²) in [5, 5.41) is 17.3. The van der Waals surface area contributed by atoms with Crippen LogP contribution in [0.1, 0.15) is 5.56 Å². The van der Waals surface area contributed by atoms with Crippen LogP contribution in [-0.2, 0) is 9.59 Å². The van der Waals surface area contributed by atoms with E-state index in [0.29, 0.717) is 5.02 Å². The van der Waals surface area contributed by atoms with Crippen LogP contribution in [0.25, 0.3) is 0 Å². The molecule has 0 unspecified atom stereocenters. The summed E-state index contributed by atoms with van der Waals surface area (Å²) in [6.07, 6.45) is 1.08. The van der Waals surface area contributed by atoms with E-state index < -0.39 is 16.7 Å². The average molecular weight is 416 g/mol. The Morgan fingerprint density at radius 3 is 2.42 bits per heavy atom. The zero-order valence-corrected chi connectivity index (χ0v) is 15.0. The van der Waals surface area contributed by atoms with E-state index in [4.69, 9.17) is 34.8 Å². The highest BCUT2D eigenvalue weighted by atomic mass is 35.5. The van der Waals surface area contributed by atoms with Crippen molar-refractivity contribution in [2.45, 2.75) is 0 Å². The number of carbonyl (C=O) groups is 2. The SMILES string of the molecule is O=C(NN=Cc1cc([N+](=O)[O-])ccc1Cl)C(=O)Nc1cc(Cl)ccc1Cl. The van der Waals surface area contributed by atoms with E-state index in [2.05, 4.69) is 10.4 Å². The molecule has 0 aliphatic rings. The monoisotopic (exact) mass is 414 g/mol. The largest absolute Gasteiger partial charge is 0.329 e. The first-order chi connectivity index (χ1) is 12.3. The minimum atomic E-state index is -1.08. The fourth-order valence-electron chi connectivity index (χ4n) is 1.73. The summed E-state index contributed by atoms with van der Waals surface area (Å²) < 4.78 is 0. The normalized spacial score (nSPS) is 10.6. The third-order valence-electron chi connectivity index (χ3n) is 2.94. The molecule has 0 fully saturated rings. The molecule has 0 aliphatic heterocycles. The molecule has 2 aromatic rings. The van der Waals surface area contributed by atoms with Gasteiger partial charge in [-0.3, -0.25) is 19.7 Å². The fourth-order valence-corrected chi connectivity index (χ4v) is 2.23. The first kappa shape index (κ1) is 19.6. The molecule has 0 atom stereocenters. The topological polar surface area (TPSA) is 114 Å². The quantitative estimate of drug-likeness (QED) is 0.343. The summed E-state index contributed by atoms with van der Waals surface area (Å²) in [5.41, 5.74) is 2.13. The second kappa shape index (κ2) is 8.61. The number of nitro groups is 1. The molecule has 11 heteroatoms. The van der Waals surface area contributed by atoms with Crippen molar-refractivity contribution in [1.82, 2.24) is 5.43 Å². The van der Waals surface area contributed by atoms with Crippen LogP contribution in [0, 0.1) is 10.1 Å². The lowest BCUT2D eigenvalue weighted by atomic mass is 10.2. The predicted molar refractivity (Wildman–Crippen MR) is 98.9 cm³/mol. The number of hydrogen-bond acceptors (Lipinski definition) is 5. The number of nitrogens with zero attached hydrogens (tertiary/aromatic N) is 2. The van der Waals surface area contributed by atoms with Crippen molar-refractivity contribution in [3.05, 3.63) is 67.1 Å². The van der Waals surface area contributed by atoms with Gasteiger partial charge in [-0.05, 0) is 24.3 Å². The lowest BCUT2D eigenvalue weighted by Gasteiger charge is -2.06. The summed E-state index contributed by atoms with van der Waals surface area (Å²) in [7, 11) is 0. The van der Waals surface area contributed by atoms with Gasteiger partial charge < -0.3 is 5.32 Å². The average Bonchev–Trinajstić information content (AvgIpc) is 2.59. The maximum absolute atomic E-state index is 11.8. The second-order valence-electron chi connectivity index (χ2n) is 4.74. The smallest absolute Gasteiger partial charge is 0.316 e. The highest BCUT2D eigenvalue weighted by Gasteiger charge is 2.15. The Labute approximate surface area is 161 Å². The van der Waals surface area contributed by atoms with E-state index in [1.54, 1.807) is 0 Å². The van der Waals surface area contributed by atoms with Gasteiger partial charge in [0.1, 0.15) is 0 Å². The molecule has 0 heterocycles. The molecule has 26 heavy (non-hydrogen) atoms. The van der Waals surface area contributed by atoms with Crippen molar-refractivity contribution < 1.29 is 14.5 Å². The van der Waals surface area contributed by atoms with Gasteiger partial charge in [0.15, 0.2) is 0 Å². The Kier molecular flexibility index (Phi) is 6.51. The number of carbonyl (C=O) groups excluding carboxylic acids is 2. The van der Waals surface area contributed by atoms with Gasteiger partial charge in [-0.25, -0.2) is 5.43 Å². The molecule has 134 valence electrons. The number of halogens is 3. The van der Waals surface area contributed by atoms with Crippen LogP contribution < -0.4 is 10.7 Å². The number of anilines is 1. The molecular formula is C15H9Cl3N4O4. The molecule has 0 spiro atoms. The summed E-state index contributed by atoms with van der Waals surface area (Å²) in [4.78, 5) is 33.7. The molecule has 2 amide bonds.